The molecule has 0 unspecified atom stereocenters. The van der Waals surface area contributed by atoms with Gasteiger partial charge in [-0.2, -0.15) is 5.26 Å². The lowest BCUT2D eigenvalue weighted by atomic mass is 10.1. The molecule has 1 amide bonds. The van der Waals surface area contributed by atoms with E-state index in [1.54, 1.807) is 54.6 Å². The van der Waals surface area contributed by atoms with Gasteiger partial charge in [0.15, 0.2) is 0 Å². The quantitative estimate of drug-likeness (QED) is 0.348. The van der Waals surface area contributed by atoms with Gasteiger partial charge in [0, 0.05) is 23.9 Å². The second-order valence-electron chi connectivity index (χ2n) is 6.39. The fourth-order valence-electron chi connectivity index (χ4n) is 2.66. The summed E-state index contributed by atoms with van der Waals surface area (Å²) in [6.07, 6.45) is 2.83. The van der Waals surface area contributed by atoms with Crippen LogP contribution in [0.3, 0.4) is 0 Å². The zero-order chi connectivity index (χ0) is 21.5. The highest BCUT2D eigenvalue weighted by molar-refractivity contribution is 6.02. The van der Waals surface area contributed by atoms with Gasteiger partial charge >= 0.3 is 0 Å². The van der Waals surface area contributed by atoms with Crippen LogP contribution in [0, 0.1) is 28.4 Å². The molecule has 0 aliphatic heterocycles. The molecule has 7 nitrogen and oxygen atoms in total. The number of carbonyl (C=O) groups is 1. The highest BCUT2D eigenvalue weighted by Crippen LogP contribution is 2.26. The molecule has 30 heavy (non-hydrogen) atoms. The van der Waals surface area contributed by atoms with E-state index in [4.69, 9.17) is 10.00 Å². The van der Waals surface area contributed by atoms with Crippen LogP contribution in [0.15, 0.2) is 72.8 Å². The largest absolute Gasteiger partial charge is 0.457 e. The standard InChI is InChI=1S/C23H17N3O4/c1-16-13-21(30-20-8-5-18(15-24)6-9-20)10-11-22(16)25-23(27)12-7-17-3-2-4-19(14-17)26(28)29/h2-14H,1H3,(H,25,27). The van der Waals surface area contributed by atoms with Gasteiger partial charge in [0.2, 0.25) is 5.91 Å². The van der Waals surface area contributed by atoms with Gasteiger partial charge in [0.05, 0.1) is 16.6 Å². The van der Waals surface area contributed by atoms with Crippen LogP contribution in [-0.2, 0) is 4.79 Å². The van der Waals surface area contributed by atoms with E-state index in [-0.39, 0.29) is 11.6 Å². The van der Waals surface area contributed by atoms with Crippen molar-refractivity contribution >= 4 is 23.4 Å². The summed E-state index contributed by atoms with van der Waals surface area (Å²) in [5.41, 5.74) is 2.50. The van der Waals surface area contributed by atoms with Crippen LogP contribution < -0.4 is 10.1 Å². The molecular formula is C23H17N3O4. The molecule has 0 saturated heterocycles. The molecule has 0 aliphatic rings. The molecule has 1 N–H and O–H groups in total. The lowest BCUT2D eigenvalue weighted by molar-refractivity contribution is -0.384. The van der Waals surface area contributed by atoms with Gasteiger partial charge in [-0.05, 0) is 66.6 Å². The number of non-ortho nitro benzene ring substituents is 1. The molecule has 0 saturated carbocycles. The first-order valence-corrected chi connectivity index (χ1v) is 8.97. The highest BCUT2D eigenvalue weighted by Gasteiger charge is 2.06. The third-order valence-corrected chi connectivity index (χ3v) is 4.18. The zero-order valence-electron chi connectivity index (χ0n) is 16.0. The molecule has 0 bridgehead atoms. The molecular weight excluding hydrogens is 382 g/mol. The van der Waals surface area contributed by atoms with E-state index < -0.39 is 4.92 Å². The summed E-state index contributed by atoms with van der Waals surface area (Å²) < 4.78 is 5.76. The Hall–Kier alpha value is -4.44. The Kier molecular flexibility index (Phi) is 6.20. The number of nitro groups is 1. The summed E-state index contributed by atoms with van der Waals surface area (Å²) in [6, 6.07) is 20.1. The van der Waals surface area contributed by atoms with Crippen molar-refractivity contribution in [2.45, 2.75) is 6.92 Å². The van der Waals surface area contributed by atoms with Gasteiger partial charge in [-0.25, -0.2) is 0 Å². The topological polar surface area (TPSA) is 105 Å². The Morgan fingerprint density at radius 1 is 1.10 bits per heavy atom. The van der Waals surface area contributed by atoms with Crippen LogP contribution >= 0.6 is 0 Å². The van der Waals surface area contributed by atoms with Crippen molar-refractivity contribution in [2.75, 3.05) is 5.32 Å². The van der Waals surface area contributed by atoms with Crippen molar-refractivity contribution < 1.29 is 14.5 Å². The van der Waals surface area contributed by atoms with E-state index in [2.05, 4.69) is 5.32 Å². The maximum Gasteiger partial charge on any atom is 0.270 e. The summed E-state index contributed by atoms with van der Waals surface area (Å²) in [5, 5.41) is 22.4. The van der Waals surface area contributed by atoms with Crippen LogP contribution in [0.1, 0.15) is 16.7 Å². The summed E-state index contributed by atoms with van der Waals surface area (Å²) in [6.45, 7) is 1.84. The van der Waals surface area contributed by atoms with Gasteiger partial charge in [-0.3, -0.25) is 14.9 Å². The molecule has 0 heterocycles. The SMILES string of the molecule is Cc1cc(Oc2ccc(C#N)cc2)ccc1NC(=O)C=Cc1cccc([N+](=O)[O-])c1. The molecule has 0 fully saturated rings. The van der Waals surface area contributed by atoms with Gasteiger partial charge in [0.1, 0.15) is 11.5 Å². The number of ether oxygens (including phenoxy) is 1. The van der Waals surface area contributed by atoms with Crippen molar-refractivity contribution in [3.8, 4) is 17.6 Å². The van der Waals surface area contributed by atoms with Crippen molar-refractivity contribution in [3.05, 3.63) is 99.6 Å². The first kappa shape index (κ1) is 20.3. The number of carbonyl (C=O) groups excluding carboxylic acids is 1. The zero-order valence-corrected chi connectivity index (χ0v) is 16.0. The second-order valence-corrected chi connectivity index (χ2v) is 6.39. The van der Waals surface area contributed by atoms with Gasteiger partial charge in [-0.15, -0.1) is 0 Å². The number of nitrogens with one attached hydrogen (secondary N) is 1. The maximum atomic E-state index is 12.2. The molecule has 3 aromatic carbocycles. The van der Waals surface area contributed by atoms with Gasteiger partial charge in [-0.1, -0.05) is 12.1 Å². The minimum atomic E-state index is -0.484. The highest BCUT2D eigenvalue weighted by atomic mass is 16.6. The molecule has 0 atom stereocenters. The van der Waals surface area contributed by atoms with Crippen molar-refractivity contribution in [3.63, 3.8) is 0 Å². The van der Waals surface area contributed by atoms with Crippen molar-refractivity contribution in [2.24, 2.45) is 0 Å². The normalized spacial score (nSPS) is 10.4. The van der Waals surface area contributed by atoms with Crippen LogP contribution in [0.4, 0.5) is 11.4 Å². The average Bonchev–Trinajstić information content (AvgIpc) is 2.75. The molecule has 0 aliphatic carbocycles. The molecule has 3 aromatic rings. The number of aryl methyl sites for hydroxylation is 1. The Bertz CT molecular complexity index is 1160. The van der Waals surface area contributed by atoms with E-state index in [1.165, 1.54) is 24.3 Å². The van der Waals surface area contributed by atoms with Gasteiger partial charge < -0.3 is 10.1 Å². The fraction of sp³-hybridized carbons (Fsp3) is 0.0435. The second kappa shape index (κ2) is 9.17. The molecule has 0 radical (unpaired) electrons. The number of nitriles is 1. The maximum absolute atomic E-state index is 12.2. The Morgan fingerprint density at radius 3 is 2.50 bits per heavy atom. The minimum absolute atomic E-state index is 0.0359. The first-order chi connectivity index (χ1) is 14.4. The molecule has 0 spiro atoms. The lowest BCUT2D eigenvalue weighted by Gasteiger charge is -2.10. The third kappa shape index (κ3) is 5.30. The fourth-order valence-corrected chi connectivity index (χ4v) is 2.66. The summed E-state index contributed by atoms with van der Waals surface area (Å²) in [5.74, 6) is 0.845. The van der Waals surface area contributed by atoms with Crippen LogP contribution in [0.25, 0.3) is 6.08 Å². The Balaban J connectivity index is 1.65. The number of nitro benzene ring substituents is 1. The van der Waals surface area contributed by atoms with Crippen molar-refractivity contribution in [1.29, 1.82) is 5.26 Å². The number of hydrogen-bond donors (Lipinski definition) is 1. The number of nitrogens with zero attached hydrogens (tertiary/aromatic N) is 2. The third-order valence-electron chi connectivity index (χ3n) is 4.18. The number of hydrogen-bond acceptors (Lipinski definition) is 5. The molecule has 0 aromatic heterocycles. The lowest BCUT2D eigenvalue weighted by Crippen LogP contribution is -2.08. The summed E-state index contributed by atoms with van der Waals surface area (Å²) >= 11 is 0. The van der Waals surface area contributed by atoms with E-state index in [1.807, 2.05) is 13.0 Å². The molecule has 7 heteroatoms. The minimum Gasteiger partial charge on any atom is -0.457 e. The summed E-state index contributed by atoms with van der Waals surface area (Å²) in [4.78, 5) is 22.5. The van der Waals surface area contributed by atoms with E-state index in [9.17, 15) is 14.9 Å². The average molecular weight is 399 g/mol. The molecule has 3 rings (SSSR count). The summed E-state index contributed by atoms with van der Waals surface area (Å²) in [7, 11) is 0. The number of amides is 1. The molecule has 148 valence electrons. The first-order valence-electron chi connectivity index (χ1n) is 8.97. The smallest absolute Gasteiger partial charge is 0.270 e. The van der Waals surface area contributed by atoms with E-state index in [0.717, 1.165) is 5.56 Å². The Labute approximate surface area is 173 Å². The van der Waals surface area contributed by atoms with Crippen LogP contribution in [0.2, 0.25) is 0 Å². The van der Waals surface area contributed by atoms with Crippen molar-refractivity contribution in [1.82, 2.24) is 0 Å². The predicted octanol–water partition coefficient (Wildman–Crippen LogP) is 5.22. The van der Waals surface area contributed by atoms with E-state index >= 15 is 0 Å². The van der Waals surface area contributed by atoms with Gasteiger partial charge in [0.25, 0.3) is 5.69 Å². The van der Waals surface area contributed by atoms with Crippen LogP contribution in [0.5, 0.6) is 11.5 Å². The number of anilines is 1. The number of benzene rings is 3. The predicted molar refractivity (Wildman–Crippen MR) is 113 cm³/mol. The van der Waals surface area contributed by atoms with E-state index in [0.29, 0.717) is 28.3 Å². The number of rotatable bonds is 6. The Morgan fingerprint density at radius 2 is 1.83 bits per heavy atom. The monoisotopic (exact) mass is 399 g/mol. The van der Waals surface area contributed by atoms with Crippen LogP contribution in [-0.4, -0.2) is 10.8 Å².